The molecule has 0 atom stereocenters. The predicted octanol–water partition coefficient (Wildman–Crippen LogP) is 3.43. The zero-order valence-electron chi connectivity index (χ0n) is 16.5. The number of aryl methyl sites for hydroxylation is 3. The zero-order valence-corrected chi connectivity index (χ0v) is 17.3. The molecule has 9 heteroatoms. The molecular formula is C21H18N4O4S. The van der Waals surface area contributed by atoms with Crippen LogP contribution in [-0.4, -0.2) is 25.7 Å². The number of carbonyl (C=O) groups excluding carboxylic acids is 1. The van der Waals surface area contributed by atoms with Gasteiger partial charge in [-0.15, -0.1) is 11.3 Å². The van der Waals surface area contributed by atoms with Crippen molar-refractivity contribution in [3.8, 4) is 11.4 Å². The first kappa shape index (κ1) is 18.7. The number of hydrogen-bond donors (Lipinski definition) is 0. The lowest BCUT2D eigenvalue weighted by molar-refractivity contribution is 0.0435. The first-order chi connectivity index (χ1) is 14.5. The fraction of sp³-hybridized carbons (Fsp3) is 0.286. The van der Waals surface area contributed by atoms with Gasteiger partial charge in [0.05, 0.1) is 5.39 Å². The van der Waals surface area contributed by atoms with Gasteiger partial charge in [0, 0.05) is 18.5 Å². The van der Waals surface area contributed by atoms with Gasteiger partial charge in [-0.2, -0.15) is 4.98 Å². The van der Waals surface area contributed by atoms with E-state index in [0.29, 0.717) is 33.0 Å². The standard InChI is InChI=1S/C21H18N4O4S/c1-11-6-3-4-7-13(11)18-23-15(29-24-18)10-28-21(27)17-12(2)16-19(30-17)22-14-8-5-9-25(14)20(16)26/h3-4,6-7H,5,8-10H2,1-2H3. The Morgan fingerprint density at radius 1 is 1.27 bits per heavy atom. The molecule has 8 nitrogen and oxygen atoms in total. The minimum absolute atomic E-state index is 0.0833. The Hall–Kier alpha value is -3.33. The smallest absolute Gasteiger partial charge is 0.349 e. The van der Waals surface area contributed by atoms with Crippen LogP contribution in [0.5, 0.6) is 0 Å². The predicted molar refractivity (Wildman–Crippen MR) is 111 cm³/mol. The molecule has 152 valence electrons. The van der Waals surface area contributed by atoms with Crippen LogP contribution < -0.4 is 5.56 Å². The Balaban J connectivity index is 1.37. The van der Waals surface area contributed by atoms with E-state index in [0.717, 1.165) is 29.8 Å². The molecule has 0 aliphatic carbocycles. The Morgan fingerprint density at radius 3 is 2.93 bits per heavy atom. The summed E-state index contributed by atoms with van der Waals surface area (Å²) >= 11 is 1.19. The molecule has 0 unspecified atom stereocenters. The van der Waals surface area contributed by atoms with E-state index >= 15 is 0 Å². The quantitative estimate of drug-likeness (QED) is 0.465. The summed E-state index contributed by atoms with van der Waals surface area (Å²) in [5, 5.41) is 4.47. The monoisotopic (exact) mass is 422 g/mol. The Kier molecular flexibility index (Phi) is 4.47. The topological polar surface area (TPSA) is 100 Å². The van der Waals surface area contributed by atoms with E-state index in [4.69, 9.17) is 9.26 Å². The summed E-state index contributed by atoms with van der Waals surface area (Å²) in [5.74, 6) is 0.903. The van der Waals surface area contributed by atoms with Crippen molar-refractivity contribution >= 4 is 27.5 Å². The zero-order chi connectivity index (χ0) is 20.8. The van der Waals surface area contributed by atoms with Crippen molar-refractivity contribution in [2.75, 3.05) is 0 Å². The molecule has 1 aromatic carbocycles. The van der Waals surface area contributed by atoms with Gasteiger partial charge in [-0.05, 0) is 31.4 Å². The van der Waals surface area contributed by atoms with Crippen LogP contribution in [0, 0.1) is 13.8 Å². The van der Waals surface area contributed by atoms with E-state index in [2.05, 4.69) is 15.1 Å². The average Bonchev–Trinajstić information content (AvgIpc) is 3.46. The summed E-state index contributed by atoms with van der Waals surface area (Å²) in [6.07, 6.45) is 1.70. The van der Waals surface area contributed by atoms with Crippen LogP contribution in [-0.2, 0) is 24.3 Å². The summed E-state index contributed by atoms with van der Waals surface area (Å²) in [6, 6.07) is 7.70. The summed E-state index contributed by atoms with van der Waals surface area (Å²) in [5.41, 5.74) is 2.40. The molecule has 1 aliphatic rings. The molecule has 4 heterocycles. The van der Waals surface area contributed by atoms with E-state index in [1.54, 1.807) is 11.5 Å². The first-order valence-corrected chi connectivity index (χ1v) is 10.4. The molecule has 4 aromatic rings. The lowest BCUT2D eigenvalue weighted by Crippen LogP contribution is -2.20. The summed E-state index contributed by atoms with van der Waals surface area (Å²) < 4.78 is 12.3. The number of hydrogen-bond acceptors (Lipinski definition) is 8. The van der Waals surface area contributed by atoms with Crippen molar-refractivity contribution in [2.24, 2.45) is 0 Å². The van der Waals surface area contributed by atoms with Crippen molar-refractivity contribution in [1.29, 1.82) is 0 Å². The lowest BCUT2D eigenvalue weighted by atomic mass is 10.1. The number of rotatable bonds is 4. The number of ether oxygens (including phenoxy) is 1. The van der Waals surface area contributed by atoms with Gasteiger partial charge >= 0.3 is 5.97 Å². The van der Waals surface area contributed by atoms with E-state index in [9.17, 15) is 9.59 Å². The summed E-state index contributed by atoms with van der Waals surface area (Å²) in [6.45, 7) is 4.24. The summed E-state index contributed by atoms with van der Waals surface area (Å²) in [4.78, 5) is 35.3. The minimum Gasteiger partial charge on any atom is -0.451 e. The van der Waals surface area contributed by atoms with Gasteiger partial charge in [0.15, 0.2) is 6.61 Å². The molecule has 0 fully saturated rings. The van der Waals surface area contributed by atoms with Gasteiger partial charge in [0.2, 0.25) is 5.82 Å². The number of aromatic nitrogens is 4. The van der Waals surface area contributed by atoms with Gasteiger partial charge in [-0.3, -0.25) is 9.36 Å². The molecule has 0 radical (unpaired) electrons. The molecule has 0 saturated carbocycles. The van der Waals surface area contributed by atoms with Gasteiger partial charge in [-0.1, -0.05) is 29.4 Å². The van der Waals surface area contributed by atoms with Gasteiger partial charge in [0.25, 0.3) is 11.4 Å². The fourth-order valence-electron chi connectivity index (χ4n) is 3.71. The second-order valence-electron chi connectivity index (χ2n) is 7.23. The number of carbonyl (C=O) groups is 1. The molecule has 5 rings (SSSR count). The molecule has 1 aliphatic heterocycles. The van der Waals surface area contributed by atoms with Gasteiger partial charge in [-0.25, -0.2) is 9.78 Å². The largest absolute Gasteiger partial charge is 0.451 e. The third-order valence-electron chi connectivity index (χ3n) is 5.28. The van der Waals surface area contributed by atoms with Crippen LogP contribution in [0.2, 0.25) is 0 Å². The van der Waals surface area contributed by atoms with Gasteiger partial charge in [0.1, 0.15) is 15.5 Å². The highest BCUT2D eigenvalue weighted by Gasteiger charge is 2.24. The van der Waals surface area contributed by atoms with E-state index in [1.807, 2.05) is 31.2 Å². The summed E-state index contributed by atoms with van der Waals surface area (Å²) in [7, 11) is 0. The molecule has 0 N–H and O–H groups in total. The maximum Gasteiger partial charge on any atom is 0.349 e. The maximum absolute atomic E-state index is 12.8. The Morgan fingerprint density at radius 2 is 2.10 bits per heavy atom. The molecule has 0 amide bonds. The second-order valence-corrected chi connectivity index (χ2v) is 8.23. The lowest BCUT2D eigenvalue weighted by Gasteiger charge is -2.02. The third kappa shape index (κ3) is 3.02. The van der Waals surface area contributed by atoms with Crippen molar-refractivity contribution in [2.45, 2.75) is 39.8 Å². The van der Waals surface area contributed by atoms with Crippen LogP contribution in [0.25, 0.3) is 21.6 Å². The Labute approximate surface area is 175 Å². The van der Waals surface area contributed by atoms with Crippen molar-refractivity contribution in [1.82, 2.24) is 19.7 Å². The molecule has 0 bridgehead atoms. The number of fused-ring (bicyclic) bond motifs is 2. The van der Waals surface area contributed by atoms with Crippen molar-refractivity contribution < 1.29 is 14.1 Å². The maximum atomic E-state index is 12.8. The van der Waals surface area contributed by atoms with Crippen LogP contribution >= 0.6 is 11.3 Å². The number of thiophene rings is 1. The third-order valence-corrected chi connectivity index (χ3v) is 6.44. The number of nitrogens with zero attached hydrogens (tertiary/aromatic N) is 4. The second kappa shape index (κ2) is 7.17. The highest BCUT2D eigenvalue weighted by Crippen LogP contribution is 2.29. The molecule has 30 heavy (non-hydrogen) atoms. The molecule has 3 aromatic heterocycles. The van der Waals surface area contributed by atoms with Crippen LogP contribution in [0.1, 0.15) is 38.9 Å². The van der Waals surface area contributed by atoms with Crippen LogP contribution in [0.3, 0.4) is 0 Å². The average molecular weight is 422 g/mol. The normalized spacial score (nSPS) is 13.0. The van der Waals surface area contributed by atoms with E-state index in [-0.39, 0.29) is 18.1 Å². The van der Waals surface area contributed by atoms with Crippen LogP contribution in [0.4, 0.5) is 0 Å². The highest BCUT2D eigenvalue weighted by atomic mass is 32.1. The molecule has 0 spiro atoms. The first-order valence-electron chi connectivity index (χ1n) is 9.61. The highest BCUT2D eigenvalue weighted by molar-refractivity contribution is 7.20. The molecular weight excluding hydrogens is 404 g/mol. The van der Waals surface area contributed by atoms with E-state index < -0.39 is 5.97 Å². The van der Waals surface area contributed by atoms with Crippen LogP contribution in [0.15, 0.2) is 33.6 Å². The van der Waals surface area contributed by atoms with E-state index in [1.165, 1.54) is 11.3 Å². The van der Waals surface area contributed by atoms with Crippen molar-refractivity contribution in [3.05, 3.63) is 62.3 Å². The number of esters is 1. The fourth-order valence-corrected chi connectivity index (χ4v) is 4.79. The van der Waals surface area contributed by atoms with Crippen molar-refractivity contribution in [3.63, 3.8) is 0 Å². The Bertz CT molecular complexity index is 1350. The number of benzene rings is 1. The molecule has 0 saturated heterocycles. The SMILES string of the molecule is Cc1ccccc1-c1noc(COC(=O)c2sc3nc4n(c(=O)c3c2C)CCC4)n1. The van der Waals surface area contributed by atoms with Gasteiger partial charge < -0.3 is 9.26 Å². The minimum atomic E-state index is -0.532.